The van der Waals surface area contributed by atoms with Gasteiger partial charge in [-0.25, -0.2) is 15.0 Å². The number of nitrogens with zero attached hydrogens (tertiary/aromatic N) is 3. The molecule has 7 heteroatoms. The van der Waals surface area contributed by atoms with Crippen LogP contribution in [-0.4, -0.2) is 27.9 Å². The Balaban J connectivity index is 2.06. The second kappa shape index (κ2) is 5.93. The molecule has 1 unspecified atom stereocenters. The zero-order valence-electron chi connectivity index (χ0n) is 11.5. The van der Waals surface area contributed by atoms with Crippen LogP contribution in [0.5, 0.6) is 0 Å². The molecule has 0 radical (unpaired) electrons. The molecule has 0 aliphatic carbocycles. The van der Waals surface area contributed by atoms with Crippen molar-refractivity contribution in [3.8, 4) is 21.4 Å². The zero-order valence-corrected chi connectivity index (χ0v) is 14.8. The number of hydrogen-bond donors (Lipinski definition) is 0. The van der Waals surface area contributed by atoms with Crippen molar-refractivity contribution in [2.45, 2.75) is 6.92 Å². The molecule has 3 rings (SSSR count). The van der Waals surface area contributed by atoms with E-state index in [4.69, 9.17) is 11.6 Å². The summed E-state index contributed by atoms with van der Waals surface area (Å²) in [6.45, 7) is 4.12. The molecule has 3 nitrogen and oxygen atoms in total. The van der Waals surface area contributed by atoms with Crippen molar-refractivity contribution in [2.24, 2.45) is 0 Å². The van der Waals surface area contributed by atoms with Crippen LogP contribution in [0.2, 0.25) is 5.15 Å². The second-order valence-electron chi connectivity index (χ2n) is 4.53. The number of halogens is 1. The van der Waals surface area contributed by atoms with Crippen molar-refractivity contribution in [2.75, 3.05) is 6.66 Å². The summed E-state index contributed by atoms with van der Waals surface area (Å²) in [5.41, 5.74) is 1.85. The fourth-order valence-corrected chi connectivity index (χ4v) is 4.65. The van der Waals surface area contributed by atoms with E-state index in [9.17, 15) is 0 Å². The monoisotopic (exact) mass is 352 g/mol. The maximum absolute atomic E-state index is 5.89. The molecule has 0 fully saturated rings. The number of rotatable bonds is 3. The Labute approximate surface area is 137 Å². The van der Waals surface area contributed by atoms with Gasteiger partial charge in [-0.2, -0.15) is 0 Å². The first kappa shape index (κ1) is 14.8. The lowest BCUT2D eigenvalue weighted by atomic mass is 10.3. The van der Waals surface area contributed by atoms with Crippen LogP contribution in [0, 0.1) is 6.92 Å². The molecule has 0 spiro atoms. The fraction of sp³-hybridized carbons (Fsp3) is 0.143. The Morgan fingerprint density at radius 2 is 2.05 bits per heavy atom. The van der Waals surface area contributed by atoms with Gasteiger partial charge in [0, 0.05) is 17.1 Å². The summed E-state index contributed by atoms with van der Waals surface area (Å²) in [7, 11) is -0.324. The summed E-state index contributed by atoms with van der Waals surface area (Å²) in [6, 6.07) is 6.23. The van der Waals surface area contributed by atoms with Crippen LogP contribution in [0.3, 0.4) is 0 Å². The molecule has 3 heterocycles. The van der Waals surface area contributed by atoms with Gasteiger partial charge in [-0.05, 0) is 19.1 Å². The molecule has 0 aromatic carbocycles. The van der Waals surface area contributed by atoms with Crippen LogP contribution in [0.1, 0.15) is 5.69 Å². The van der Waals surface area contributed by atoms with E-state index in [-0.39, 0.29) is 7.55 Å². The van der Waals surface area contributed by atoms with Gasteiger partial charge in [0.1, 0.15) is 19.4 Å². The molecule has 0 bridgehead atoms. The molecule has 0 aliphatic rings. The van der Waals surface area contributed by atoms with Crippen LogP contribution < -0.4 is 4.62 Å². The van der Waals surface area contributed by atoms with E-state index in [0.29, 0.717) is 11.0 Å². The predicted octanol–water partition coefficient (Wildman–Crippen LogP) is 4.46. The molecule has 106 valence electrons. The first-order valence-corrected chi connectivity index (χ1v) is 10.2. The Kier molecular flexibility index (Phi) is 4.18. The molecule has 0 amide bonds. The summed E-state index contributed by atoms with van der Waals surface area (Å²) in [5, 5.41) is 3.02. The quantitative estimate of drug-likeness (QED) is 0.653. The van der Waals surface area contributed by atoms with Gasteiger partial charge in [-0.1, -0.05) is 22.9 Å². The molecule has 1 atom stereocenters. The lowest BCUT2D eigenvalue weighted by molar-refractivity contribution is 1.11. The van der Waals surface area contributed by atoms with E-state index in [0.717, 1.165) is 21.3 Å². The van der Waals surface area contributed by atoms with Gasteiger partial charge in [0.15, 0.2) is 10.8 Å². The SMILES string of the molecule is C=[P+](C)c1ccc(-c2cc(C)nc(-c3nc(Cl)cs3)n2)s1. The molecule has 0 aliphatic heterocycles. The van der Waals surface area contributed by atoms with Gasteiger partial charge in [-0.15, -0.1) is 11.3 Å². The van der Waals surface area contributed by atoms with Crippen LogP contribution in [-0.2, 0) is 0 Å². The molecule has 3 aromatic rings. The summed E-state index contributed by atoms with van der Waals surface area (Å²) in [6.07, 6.45) is 4.12. The minimum absolute atomic E-state index is 0.324. The van der Waals surface area contributed by atoms with Crippen molar-refractivity contribution in [1.29, 1.82) is 0 Å². The average Bonchev–Trinajstić information content (AvgIpc) is 3.06. The molecular formula is C14H12ClN3PS2+. The highest BCUT2D eigenvalue weighted by atomic mass is 35.5. The van der Waals surface area contributed by atoms with Crippen molar-refractivity contribution in [1.82, 2.24) is 15.0 Å². The first-order chi connectivity index (χ1) is 10.0. The van der Waals surface area contributed by atoms with Crippen LogP contribution >= 0.6 is 41.8 Å². The second-order valence-corrected chi connectivity index (χ2v) is 9.04. The minimum Gasteiger partial charge on any atom is -0.231 e. The minimum atomic E-state index is -0.324. The van der Waals surface area contributed by atoms with Crippen molar-refractivity contribution < 1.29 is 0 Å². The van der Waals surface area contributed by atoms with Gasteiger partial charge in [0.2, 0.25) is 4.62 Å². The number of thiophene rings is 1. The predicted molar refractivity (Wildman–Crippen MR) is 95.8 cm³/mol. The fourth-order valence-electron chi connectivity index (χ4n) is 1.82. The number of hydrogen-bond acceptors (Lipinski definition) is 5. The van der Waals surface area contributed by atoms with Gasteiger partial charge >= 0.3 is 0 Å². The lowest BCUT2D eigenvalue weighted by Gasteiger charge is -2.02. The van der Waals surface area contributed by atoms with Gasteiger partial charge < -0.3 is 0 Å². The molecule has 0 saturated heterocycles. The van der Waals surface area contributed by atoms with E-state index in [1.54, 1.807) is 16.7 Å². The van der Waals surface area contributed by atoms with Crippen LogP contribution in [0.4, 0.5) is 0 Å². The Morgan fingerprint density at radius 1 is 1.24 bits per heavy atom. The maximum Gasteiger partial charge on any atom is 0.201 e. The van der Waals surface area contributed by atoms with E-state index < -0.39 is 0 Å². The third-order valence-corrected chi connectivity index (χ3v) is 6.92. The van der Waals surface area contributed by atoms with E-state index in [1.807, 2.05) is 13.0 Å². The zero-order chi connectivity index (χ0) is 15.0. The normalized spacial score (nSPS) is 11.7. The smallest absolute Gasteiger partial charge is 0.201 e. The summed E-state index contributed by atoms with van der Waals surface area (Å²) >= 11 is 9.08. The lowest BCUT2D eigenvalue weighted by Crippen LogP contribution is -1.93. The average molecular weight is 353 g/mol. The molecule has 21 heavy (non-hydrogen) atoms. The number of aryl methyl sites for hydroxylation is 1. The Morgan fingerprint density at radius 3 is 2.67 bits per heavy atom. The highest BCUT2D eigenvalue weighted by Crippen LogP contribution is 2.30. The molecule has 3 aromatic heterocycles. The molecular weight excluding hydrogens is 341 g/mol. The maximum atomic E-state index is 5.89. The molecule has 0 saturated carbocycles. The first-order valence-electron chi connectivity index (χ1n) is 6.14. The third-order valence-electron chi connectivity index (χ3n) is 2.74. The standard InChI is InChI=1S/C14H12ClN3PS2/c1-8-6-9(10-4-5-12(21-10)19(2)3)17-13(16-8)14-18-11(15)7-20-14/h4-7H,2H2,1,3H3/q+1. The largest absolute Gasteiger partial charge is 0.231 e. The van der Waals surface area contributed by atoms with Crippen molar-refractivity contribution >= 4 is 52.7 Å². The molecule has 0 N–H and O–H groups in total. The summed E-state index contributed by atoms with van der Waals surface area (Å²) in [5.74, 6) is 0.630. The van der Waals surface area contributed by atoms with Crippen molar-refractivity contribution in [3.63, 3.8) is 0 Å². The summed E-state index contributed by atoms with van der Waals surface area (Å²) in [4.78, 5) is 14.5. The summed E-state index contributed by atoms with van der Waals surface area (Å²) < 4.78 is 1.31. The van der Waals surface area contributed by atoms with E-state index in [1.165, 1.54) is 16.0 Å². The number of aromatic nitrogens is 3. The van der Waals surface area contributed by atoms with E-state index >= 15 is 0 Å². The highest BCUT2D eigenvalue weighted by Gasteiger charge is 2.14. The highest BCUT2D eigenvalue weighted by molar-refractivity contribution is 7.69. The van der Waals surface area contributed by atoms with Crippen molar-refractivity contribution in [3.05, 3.63) is 34.4 Å². The third kappa shape index (κ3) is 3.22. The van der Waals surface area contributed by atoms with Crippen LogP contribution in [0.15, 0.2) is 23.6 Å². The number of thiazole rings is 1. The van der Waals surface area contributed by atoms with Gasteiger partial charge in [-0.3, -0.25) is 0 Å². The Hall–Kier alpha value is -1.13. The van der Waals surface area contributed by atoms with Crippen LogP contribution in [0.25, 0.3) is 21.4 Å². The Bertz CT molecular complexity index is 825. The van der Waals surface area contributed by atoms with Gasteiger partial charge in [0.25, 0.3) is 0 Å². The van der Waals surface area contributed by atoms with E-state index in [2.05, 4.69) is 40.0 Å². The topological polar surface area (TPSA) is 38.7 Å². The van der Waals surface area contributed by atoms with Gasteiger partial charge in [0.05, 0.1) is 16.9 Å².